The molecule has 1 fully saturated rings. The number of hydrogen-bond donors (Lipinski definition) is 0. The van der Waals surface area contributed by atoms with Crippen molar-refractivity contribution >= 4 is 19.7 Å². The number of aromatic nitrogens is 3. The molecule has 0 bridgehead atoms. The number of rotatable bonds is 4. The van der Waals surface area contributed by atoms with Gasteiger partial charge in [0.25, 0.3) is 14.2 Å². The monoisotopic (exact) mass is 279 g/mol. The van der Waals surface area contributed by atoms with E-state index in [1.165, 1.54) is 4.57 Å². The third kappa shape index (κ3) is 2.97. The fraction of sp³-hybridized carbons (Fsp3) is 0.778. The minimum absolute atomic E-state index is 0.207. The maximum atomic E-state index is 11.1. The van der Waals surface area contributed by atoms with Gasteiger partial charge in [-0.3, -0.25) is 0 Å². The molecule has 0 saturated carbocycles. The molecule has 6 nitrogen and oxygen atoms in total. The van der Waals surface area contributed by atoms with Crippen LogP contribution in [0.5, 0.6) is 0 Å². The van der Waals surface area contributed by atoms with Crippen molar-refractivity contribution in [2.75, 3.05) is 6.61 Å². The molecule has 1 aromatic rings. The molecule has 0 radical (unpaired) electrons. The smallest absolute Gasteiger partial charge is 0.296 e. The third-order valence-electron chi connectivity index (χ3n) is 2.86. The molecule has 0 N–H and O–H groups in total. The lowest BCUT2D eigenvalue weighted by molar-refractivity contribution is 0.104. The third-order valence-corrected chi connectivity index (χ3v) is 4.06. The number of ether oxygens (including phenoxy) is 1. The molecule has 1 saturated heterocycles. The summed E-state index contributed by atoms with van der Waals surface area (Å²) in [5.74, 6) is 0.611. The maximum absolute atomic E-state index is 11.1. The summed E-state index contributed by atoms with van der Waals surface area (Å²) < 4.78 is 29.2. The minimum Gasteiger partial charge on any atom is -0.378 e. The zero-order chi connectivity index (χ0) is 12.5. The van der Waals surface area contributed by atoms with E-state index < -0.39 is 9.05 Å². The van der Waals surface area contributed by atoms with Crippen LogP contribution in [-0.4, -0.2) is 35.9 Å². The van der Waals surface area contributed by atoms with Gasteiger partial charge in [-0.15, -0.1) is 10.2 Å². The molecule has 8 heteroatoms. The highest BCUT2D eigenvalue weighted by Crippen LogP contribution is 2.18. The Hall–Kier alpha value is -0.660. The second kappa shape index (κ2) is 4.91. The fourth-order valence-corrected chi connectivity index (χ4v) is 2.91. The first-order valence-corrected chi connectivity index (χ1v) is 7.74. The number of hydrogen-bond acceptors (Lipinski definition) is 5. The Morgan fingerprint density at radius 1 is 1.53 bits per heavy atom. The molecule has 1 unspecified atom stereocenters. The van der Waals surface area contributed by atoms with Crippen LogP contribution in [0.15, 0.2) is 5.16 Å². The van der Waals surface area contributed by atoms with Crippen molar-refractivity contribution in [2.45, 2.75) is 36.9 Å². The molecule has 0 amide bonds. The van der Waals surface area contributed by atoms with Crippen LogP contribution >= 0.6 is 10.7 Å². The van der Waals surface area contributed by atoms with Gasteiger partial charge >= 0.3 is 0 Å². The van der Waals surface area contributed by atoms with Gasteiger partial charge in [-0.2, -0.15) is 0 Å². The Bertz CT molecular complexity index is 494. The van der Waals surface area contributed by atoms with Crippen LogP contribution in [0.2, 0.25) is 0 Å². The van der Waals surface area contributed by atoms with E-state index in [1.807, 2.05) is 0 Å². The lowest BCUT2D eigenvalue weighted by Gasteiger charge is -2.08. The van der Waals surface area contributed by atoms with E-state index in [1.54, 1.807) is 7.05 Å². The summed E-state index contributed by atoms with van der Waals surface area (Å²) in [6, 6.07) is 0. The second-order valence-corrected chi connectivity index (χ2v) is 6.53. The molecule has 1 aromatic heterocycles. The van der Waals surface area contributed by atoms with Crippen molar-refractivity contribution in [1.29, 1.82) is 0 Å². The topological polar surface area (TPSA) is 74.1 Å². The van der Waals surface area contributed by atoms with Gasteiger partial charge in [0.15, 0.2) is 0 Å². The van der Waals surface area contributed by atoms with Crippen molar-refractivity contribution in [2.24, 2.45) is 7.05 Å². The highest BCUT2D eigenvalue weighted by molar-refractivity contribution is 8.13. The van der Waals surface area contributed by atoms with Gasteiger partial charge in [0.05, 0.1) is 6.10 Å². The summed E-state index contributed by atoms with van der Waals surface area (Å²) in [6.07, 6.45) is 3.86. The summed E-state index contributed by atoms with van der Waals surface area (Å²) >= 11 is 0. The first-order valence-electron chi connectivity index (χ1n) is 5.43. The van der Waals surface area contributed by atoms with Gasteiger partial charge in [0.2, 0.25) is 0 Å². The van der Waals surface area contributed by atoms with Crippen molar-refractivity contribution in [1.82, 2.24) is 14.8 Å². The summed E-state index contributed by atoms with van der Waals surface area (Å²) in [5, 5.41) is 7.21. The minimum atomic E-state index is -3.82. The molecule has 17 heavy (non-hydrogen) atoms. The average molecular weight is 280 g/mol. The van der Waals surface area contributed by atoms with Crippen LogP contribution in [0.25, 0.3) is 0 Å². The Kier molecular flexibility index (Phi) is 3.70. The molecule has 2 rings (SSSR count). The molecule has 96 valence electrons. The predicted octanol–water partition coefficient (Wildman–Crippen LogP) is 0.854. The van der Waals surface area contributed by atoms with E-state index in [4.69, 9.17) is 15.4 Å². The SMILES string of the molecule is Cn1c(CCC2CCCO2)nnc1S(=O)(=O)Cl. The molecule has 2 heterocycles. The summed E-state index contributed by atoms with van der Waals surface area (Å²) in [4.78, 5) is 0. The van der Waals surface area contributed by atoms with E-state index in [9.17, 15) is 8.42 Å². The van der Waals surface area contributed by atoms with Gasteiger partial charge in [0.1, 0.15) is 5.82 Å². The average Bonchev–Trinajstić information content (AvgIpc) is 2.83. The molecule has 1 aliphatic heterocycles. The van der Waals surface area contributed by atoms with Crippen molar-refractivity contribution < 1.29 is 13.2 Å². The van der Waals surface area contributed by atoms with Crippen LogP contribution in [0, 0.1) is 0 Å². The van der Waals surface area contributed by atoms with Gasteiger partial charge < -0.3 is 9.30 Å². The first kappa shape index (κ1) is 12.8. The normalized spacial score (nSPS) is 20.9. The molecular formula is C9H14ClN3O3S. The lowest BCUT2D eigenvalue weighted by Crippen LogP contribution is -2.10. The van der Waals surface area contributed by atoms with Gasteiger partial charge in [-0.1, -0.05) is 0 Å². The Labute approximate surface area is 104 Å². The van der Waals surface area contributed by atoms with Crippen molar-refractivity contribution in [3.63, 3.8) is 0 Å². The number of halogens is 1. The first-order chi connectivity index (χ1) is 7.98. The molecule has 0 aliphatic carbocycles. The van der Waals surface area contributed by atoms with Crippen LogP contribution < -0.4 is 0 Å². The van der Waals surface area contributed by atoms with E-state index in [0.717, 1.165) is 25.9 Å². The van der Waals surface area contributed by atoms with Crippen LogP contribution in [0.1, 0.15) is 25.1 Å². The highest BCUT2D eigenvalue weighted by atomic mass is 35.7. The van der Waals surface area contributed by atoms with Crippen LogP contribution in [0.3, 0.4) is 0 Å². The van der Waals surface area contributed by atoms with Crippen LogP contribution in [-0.2, 0) is 27.3 Å². The van der Waals surface area contributed by atoms with E-state index >= 15 is 0 Å². The zero-order valence-corrected chi connectivity index (χ0v) is 11.0. The van der Waals surface area contributed by atoms with Crippen LogP contribution in [0.4, 0.5) is 0 Å². The Balaban J connectivity index is 2.04. The molecule has 1 aliphatic rings. The molecule has 0 spiro atoms. The molecule has 0 aromatic carbocycles. The largest absolute Gasteiger partial charge is 0.378 e. The van der Waals surface area contributed by atoms with Crippen molar-refractivity contribution in [3.8, 4) is 0 Å². The Morgan fingerprint density at radius 2 is 2.29 bits per heavy atom. The second-order valence-electron chi connectivity index (χ2n) is 4.07. The number of aryl methyl sites for hydroxylation is 1. The molecule has 1 atom stereocenters. The van der Waals surface area contributed by atoms with Gasteiger partial charge in [0, 0.05) is 30.8 Å². The van der Waals surface area contributed by atoms with Crippen molar-refractivity contribution in [3.05, 3.63) is 5.82 Å². The highest BCUT2D eigenvalue weighted by Gasteiger charge is 2.21. The maximum Gasteiger partial charge on any atom is 0.296 e. The summed E-state index contributed by atoms with van der Waals surface area (Å²) in [7, 11) is 3.01. The van der Waals surface area contributed by atoms with E-state index in [0.29, 0.717) is 12.2 Å². The predicted molar refractivity (Wildman–Crippen MR) is 61.3 cm³/mol. The lowest BCUT2D eigenvalue weighted by atomic mass is 10.1. The standard InChI is InChI=1S/C9H14ClN3O3S/c1-13-8(5-4-7-3-2-6-16-7)11-12-9(13)17(10,14)15/h7H,2-6H2,1H3. The van der Waals surface area contributed by atoms with E-state index in [2.05, 4.69) is 10.2 Å². The van der Waals surface area contributed by atoms with Gasteiger partial charge in [-0.25, -0.2) is 8.42 Å². The molecular weight excluding hydrogens is 266 g/mol. The summed E-state index contributed by atoms with van der Waals surface area (Å²) in [5.41, 5.74) is 0. The van der Waals surface area contributed by atoms with Gasteiger partial charge in [-0.05, 0) is 19.3 Å². The van der Waals surface area contributed by atoms with E-state index in [-0.39, 0.29) is 11.3 Å². The number of nitrogens with zero attached hydrogens (tertiary/aromatic N) is 3. The summed E-state index contributed by atoms with van der Waals surface area (Å²) in [6.45, 7) is 0.810. The quantitative estimate of drug-likeness (QED) is 0.764. The fourth-order valence-electron chi connectivity index (χ4n) is 1.94. The Morgan fingerprint density at radius 3 is 2.82 bits per heavy atom. The zero-order valence-electron chi connectivity index (χ0n) is 9.47.